The molecule has 104 valence electrons. The van der Waals surface area contributed by atoms with Gasteiger partial charge in [0.15, 0.2) is 0 Å². The van der Waals surface area contributed by atoms with Gasteiger partial charge >= 0.3 is 0 Å². The van der Waals surface area contributed by atoms with Gasteiger partial charge in [0.1, 0.15) is 17.1 Å². The lowest BCUT2D eigenvalue weighted by atomic mass is 9.99. The van der Waals surface area contributed by atoms with Crippen molar-refractivity contribution >= 4 is 11.0 Å². The third-order valence-electron chi connectivity index (χ3n) is 3.11. The zero-order valence-electron chi connectivity index (χ0n) is 12.2. The molecule has 0 radical (unpaired) electrons. The molecule has 0 aliphatic rings. The van der Waals surface area contributed by atoms with Crippen molar-refractivity contribution < 1.29 is 9.15 Å². The van der Waals surface area contributed by atoms with E-state index in [9.17, 15) is 0 Å². The Morgan fingerprint density at radius 2 is 2.11 bits per heavy atom. The molecular weight excluding hydrogens is 238 g/mol. The van der Waals surface area contributed by atoms with Gasteiger partial charge in [-0.15, -0.1) is 0 Å². The lowest BCUT2D eigenvalue weighted by Crippen LogP contribution is -2.07. The fourth-order valence-corrected chi connectivity index (χ4v) is 2.37. The molecule has 2 aromatic rings. The van der Waals surface area contributed by atoms with Crippen LogP contribution in [0.25, 0.3) is 11.0 Å². The highest BCUT2D eigenvalue weighted by atomic mass is 16.5. The van der Waals surface area contributed by atoms with Crippen molar-refractivity contribution in [2.24, 2.45) is 5.92 Å². The smallest absolute Gasteiger partial charge is 0.134 e. The lowest BCUT2D eigenvalue weighted by Gasteiger charge is -2.06. The highest BCUT2D eigenvalue weighted by Crippen LogP contribution is 2.31. The Bertz CT molecular complexity index is 543. The molecular formula is C16H23NO2. The molecule has 2 rings (SSSR count). The molecule has 0 saturated carbocycles. The van der Waals surface area contributed by atoms with Crippen LogP contribution in [0.1, 0.15) is 32.1 Å². The van der Waals surface area contributed by atoms with Gasteiger partial charge in [0, 0.05) is 10.9 Å². The van der Waals surface area contributed by atoms with Gasteiger partial charge in [-0.1, -0.05) is 13.8 Å². The van der Waals surface area contributed by atoms with Gasteiger partial charge in [-0.05, 0) is 44.5 Å². The van der Waals surface area contributed by atoms with Crippen LogP contribution in [0.2, 0.25) is 0 Å². The zero-order valence-corrected chi connectivity index (χ0v) is 12.2. The number of nitrogens with one attached hydrogen (secondary N) is 1. The van der Waals surface area contributed by atoms with Gasteiger partial charge in [0.25, 0.3) is 0 Å². The second-order valence-electron chi connectivity index (χ2n) is 5.22. The van der Waals surface area contributed by atoms with E-state index in [1.54, 1.807) is 0 Å². The van der Waals surface area contributed by atoms with Crippen molar-refractivity contribution in [2.45, 2.75) is 33.7 Å². The van der Waals surface area contributed by atoms with Crippen LogP contribution in [-0.4, -0.2) is 13.7 Å². The highest BCUT2D eigenvalue weighted by molar-refractivity contribution is 5.83. The van der Waals surface area contributed by atoms with E-state index in [4.69, 9.17) is 9.15 Å². The second kappa shape index (κ2) is 6.11. The monoisotopic (exact) mass is 261 g/mol. The van der Waals surface area contributed by atoms with Gasteiger partial charge in [0.05, 0.1) is 13.2 Å². The summed E-state index contributed by atoms with van der Waals surface area (Å²) >= 11 is 0. The lowest BCUT2D eigenvalue weighted by molar-refractivity contribution is 0.340. The summed E-state index contributed by atoms with van der Waals surface area (Å²) in [7, 11) is 1.94. The van der Waals surface area contributed by atoms with E-state index in [0.717, 1.165) is 30.1 Å². The fraction of sp³-hybridized carbons (Fsp3) is 0.500. The average Bonchev–Trinajstić information content (AvgIpc) is 2.68. The molecule has 0 amide bonds. The quantitative estimate of drug-likeness (QED) is 0.860. The maximum Gasteiger partial charge on any atom is 0.134 e. The van der Waals surface area contributed by atoms with E-state index in [1.807, 2.05) is 26.1 Å². The van der Waals surface area contributed by atoms with Crippen molar-refractivity contribution in [1.29, 1.82) is 0 Å². The number of benzene rings is 1. The second-order valence-corrected chi connectivity index (χ2v) is 5.22. The zero-order chi connectivity index (χ0) is 13.8. The first-order chi connectivity index (χ1) is 9.15. The molecule has 19 heavy (non-hydrogen) atoms. The van der Waals surface area contributed by atoms with E-state index in [2.05, 4.69) is 25.2 Å². The number of ether oxygens (including phenoxy) is 1. The Balaban J connectivity index is 2.49. The van der Waals surface area contributed by atoms with Crippen LogP contribution in [0.4, 0.5) is 0 Å². The molecule has 1 N–H and O–H groups in total. The van der Waals surface area contributed by atoms with Gasteiger partial charge in [-0.25, -0.2) is 0 Å². The fourth-order valence-electron chi connectivity index (χ4n) is 2.37. The maximum absolute atomic E-state index is 5.96. The number of rotatable bonds is 6. The summed E-state index contributed by atoms with van der Waals surface area (Å²) in [6, 6.07) is 6.07. The minimum Gasteiger partial charge on any atom is -0.494 e. The molecule has 0 fully saturated rings. The molecule has 0 aliphatic carbocycles. The minimum atomic E-state index is 0.604. The Morgan fingerprint density at radius 1 is 1.32 bits per heavy atom. The van der Waals surface area contributed by atoms with Crippen molar-refractivity contribution in [3.05, 3.63) is 29.5 Å². The average molecular weight is 261 g/mol. The van der Waals surface area contributed by atoms with E-state index in [-0.39, 0.29) is 0 Å². The largest absolute Gasteiger partial charge is 0.494 e. The van der Waals surface area contributed by atoms with E-state index < -0.39 is 0 Å². The van der Waals surface area contributed by atoms with Gasteiger partial charge < -0.3 is 14.5 Å². The van der Waals surface area contributed by atoms with Crippen molar-refractivity contribution in [2.75, 3.05) is 13.7 Å². The number of hydrogen-bond acceptors (Lipinski definition) is 3. The molecule has 0 saturated heterocycles. The van der Waals surface area contributed by atoms with Gasteiger partial charge in [-0.2, -0.15) is 0 Å². The normalized spacial score (nSPS) is 11.4. The van der Waals surface area contributed by atoms with Crippen LogP contribution in [0.5, 0.6) is 5.75 Å². The molecule has 0 aliphatic heterocycles. The molecule has 1 heterocycles. The number of fused-ring (bicyclic) bond motifs is 1. The predicted octanol–water partition coefficient (Wildman–Crippen LogP) is 3.75. The van der Waals surface area contributed by atoms with E-state index >= 15 is 0 Å². The summed E-state index contributed by atoms with van der Waals surface area (Å²) in [4.78, 5) is 0. The first kappa shape index (κ1) is 13.9. The summed E-state index contributed by atoms with van der Waals surface area (Å²) in [5.41, 5.74) is 2.25. The van der Waals surface area contributed by atoms with Gasteiger partial charge in [0.2, 0.25) is 0 Å². The van der Waals surface area contributed by atoms with E-state index in [1.165, 1.54) is 10.9 Å². The highest BCUT2D eigenvalue weighted by Gasteiger charge is 2.15. The SMILES string of the molecule is CCOc1ccc2oc(CNC)c(CC(C)C)c2c1. The van der Waals surface area contributed by atoms with Crippen molar-refractivity contribution in [1.82, 2.24) is 5.32 Å². The van der Waals surface area contributed by atoms with Crippen LogP contribution in [0.3, 0.4) is 0 Å². The summed E-state index contributed by atoms with van der Waals surface area (Å²) < 4.78 is 11.5. The number of furan rings is 1. The Labute approximate surface area is 114 Å². The summed E-state index contributed by atoms with van der Waals surface area (Å²) in [6.07, 6.45) is 1.03. The molecule has 1 aromatic heterocycles. The predicted molar refractivity (Wildman–Crippen MR) is 78.7 cm³/mol. The van der Waals surface area contributed by atoms with E-state index in [0.29, 0.717) is 12.5 Å². The summed E-state index contributed by atoms with van der Waals surface area (Å²) in [6.45, 7) is 7.91. The van der Waals surface area contributed by atoms with Crippen molar-refractivity contribution in [3.63, 3.8) is 0 Å². The number of hydrogen-bond donors (Lipinski definition) is 1. The Kier molecular flexibility index (Phi) is 4.48. The van der Waals surface area contributed by atoms with Crippen LogP contribution < -0.4 is 10.1 Å². The molecule has 1 aromatic carbocycles. The Hall–Kier alpha value is -1.48. The molecule has 0 bridgehead atoms. The van der Waals surface area contributed by atoms with Crippen molar-refractivity contribution in [3.8, 4) is 5.75 Å². The molecule has 0 atom stereocenters. The Morgan fingerprint density at radius 3 is 2.74 bits per heavy atom. The molecule has 0 spiro atoms. The van der Waals surface area contributed by atoms with Crippen LogP contribution in [-0.2, 0) is 13.0 Å². The first-order valence-electron chi connectivity index (χ1n) is 6.97. The topological polar surface area (TPSA) is 34.4 Å². The maximum atomic E-state index is 5.96. The summed E-state index contributed by atoms with van der Waals surface area (Å²) in [5, 5.41) is 4.36. The van der Waals surface area contributed by atoms with Crippen LogP contribution in [0.15, 0.2) is 22.6 Å². The minimum absolute atomic E-state index is 0.604. The van der Waals surface area contributed by atoms with Gasteiger partial charge in [-0.3, -0.25) is 0 Å². The molecule has 3 nitrogen and oxygen atoms in total. The molecule has 3 heteroatoms. The third kappa shape index (κ3) is 3.10. The molecule has 0 unspecified atom stereocenters. The van der Waals surface area contributed by atoms with Crippen LogP contribution >= 0.6 is 0 Å². The first-order valence-corrected chi connectivity index (χ1v) is 6.97. The van der Waals surface area contributed by atoms with Crippen LogP contribution in [0, 0.1) is 5.92 Å². The standard InChI is InChI=1S/C16H23NO2/c1-5-18-12-6-7-15-14(9-12)13(8-11(2)3)16(19-15)10-17-4/h6-7,9,11,17H,5,8,10H2,1-4H3. The third-order valence-corrected chi connectivity index (χ3v) is 3.11. The summed E-state index contributed by atoms with van der Waals surface area (Å²) in [5.74, 6) is 2.56.